The Morgan fingerprint density at radius 3 is 1.69 bits per heavy atom. The summed E-state index contributed by atoms with van der Waals surface area (Å²) in [6.07, 6.45) is -26.5. The molecule has 0 bridgehead atoms. The first kappa shape index (κ1) is 39.9. The monoisotopic (exact) mass is 772 g/mol. The lowest BCUT2D eigenvalue weighted by atomic mass is 9.97. The number of hydrogen-bond donors (Lipinski definition) is 13. The summed E-state index contributed by atoms with van der Waals surface area (Å²) >= 11 is 0. The van der Waals surface area contributed by atoms with Gasteiger partial charge in [-0.05, 0) is 24.3 Å². The van der Waals surface area contributed by atoms with Crippen LogP contribution in [-0.2, 0) is 18.9 Å². The first-order valence-corrected chi connectivity index (χ1v) is 16.5. The average Bonchev–Trinajstić information content (AvgIpc) is 3.15. The zero-order chi connectivity index (χ0) is 39.2. The van der Waals surface area contributed by atoms with Gasteiger partial charge >= 0.3 is 0 Å². The number of ether oxygens (including phenoxy) is 6. The zero-order valence-electron chi connectivity index (χ0n) is 27.8. The fourth-order valence-electron chi connectivity index (χ4n) is 6.28. The van der Waals surface area contributed by atoms with Crippen LogP contribution in [0.5, 0.6) is 23.0 Å². The second kappa shape index (κ2) is 16.2. The van der Waals surface area contributed by atoms with Gasteiger partial charge in [0.05, 0.1) is 19.8 Å². The zero-order valence-corrected chi connectivity index (χ0v) is 27.8. The maximum Gasteiger partial charge on any atom is 0.239 e. The predicted molar refractivity (Wildman–Crippen MR) is 173 cm³/mol. The van der Waals surface area contributed by atoms with Gasteiger partial charge in [0, 0.05) is 17.7 Å². The molecule has 0 saturated carbocycles. The van der Waals surface area contributed by atoms with E-state index in [1.807, 2.05) is 0 Å². The molecule has 1 aromatic heterocycles. The van der Waals surface area contributed by atoms with Crippen LogP contribution < -0.4 is 14.9 Å². The third-order valence-corrected chi connectivity index (χ3v) is 9.33. The molecule has 54 heavy (non-hydrogen) atoms. The fraction of sp³-hybridized carbons (Fsp3) is 0.545. The summed E-state index contributed by atoms with van der Waals surface area (Å²) in [5, 5.41) is 133. The smallest absolute Gasteiger partial charge is 0.239 e. The minimum absolute atomic E-state index is 0.101. The highest BCUT2D eigenvalue weighted by Gasteiger charge is 2.51. The number of hydrogen-bond acceptors (Lipinski definition) is 21. The molecule has 3 aliphatic rings. The Labute approximate surface area is 303 Å². The van der Waals surface area contributed by atoms with Crippen molar-refractivity contribution >= 4 is 11.0 Å². The largest absolute Gasteiger partial charge is 0.508 e. The third kappa shape index (κ3) is 7.45. The SMILES string of the molecule is O=c1c(O[C@@H]2O[C@H](CO)[C@@H](O)[C@@H](O)[C@H]2O)c(-c2ccc(O)cc2)oc2cc(O[C@@H]3O[C@H](CO)[C@@H](O)[C@H](O)[C@@H]3O[C@@H]3O[C@H](CO)[C@@H](O)[C@H](O)[C@H]3O)cc(O)c12. The van der Waals surface area contributed by atoms with Crippen molar-refractivity contribution in [2.24, 2.45) is 0 Å². The number of benzene rings is 2. The van der Waals surface area contributed by atoms with Crippen LogP contribution in [0.4, 0.5) is 0 Å². The summed E-state index contributed by atoms with van der Waals surface area (Å²) in [6, 6.07) is 7.09. The van der Waals surface area contributed by atoms with Crippen molar-refractivity contribution in [1.82, 2.24) is 0 Å². The molecule has 21 heteroatoms. The molecule has 3 aromatic rings. The van der Waals surface area contributed by atoms with Crippen LogP contribution in [0.3, 0.4) is 0 Å². The number of fused-ring (bicyclic) bond motifs is 1. The Balaban J connectivity index is 1.38. The summed E-state index contributed by atoms with van der Waals surface area (Å²) in [7, 11) is 0. The molecule has 298 valence electrons. The molecule has 2 aromatic carbocycles. The molecule has 13 N–H and O–H groups in total. The number of aliphatic hydroxyl groups excluding tert-OH is 11. The molecule has 3 aliphatic heterocycles. The van der Waals surface area contributed by atoms with Crippen molar-refractivity contribution in [2.75, 3.05) is 19.8 Å². The Kier molecular flexibility index (Phi) is 11.9. The van der Waals surface area contributed by atoms with E-state index in [0.29, 0.717) is 0 Å². The van der Waals surface area contributed by atoms with E-state index in [9.17, 15) is 71.2 Å². The predicted octanol–water partition coefficient (Wildman–Crippen LogP) is -4.95. The van der Waals surface area contributed by atoms with E-state index in [1.54, 1.807) is 0 Å². The maximum absolute atomic E-state index is 14.0. The van der Waals surface area contributed by atoms with Crippen molar-refractivity contribution in [1.29, 1.82) is 0 Å². The molecule has 3 saturated heterocycles. The minimum atomic E-state index is -1.94. The molecule has 0 aliphatic carbocycles. The van der Waals surface area contributed by atoms with Gasteiger partial charge in [0.1, 0.15) is 95.4 Å². The fourth-order valence-corrected chi connectivity index (χ4v) is 6.28. The van der Waals surface area contributed by atoms with Crippen molar-refractivity contribution < 1.29 is 99.2 Å². The van der Waals surface area contributed by atoms with Gasteiger partial charge in [-0.3, -0.25) is 4.79 Å². The lowest BCUT2D eigenvalue weighted by Crippen LogP contribution is -2.65. The molecular formula is C33H40O21. The summed E-state index contributed by atoms with van der Waals surface area (Å²) < 4.78 is 39.6. The Hall–Kier alpha value is -3.75. The van der Waals surface area contributed by atoms with Crippen molar-refractivity contribution in [3.05, 3.63) is 46.6 Å². The van der Waals surface area contributed by atoms with E-state index in [-0.39, 0.29) is 28.4 Å². The number of aliphatic hydroxyl groups is 11. The average molecular weight is 773 g/mol. The topological polar surface area (TPSA) is 349 Å². The first-order chi connectivity index (χ1) is 25.7. The summed E-state index contributed by atoms with van der Waals surface area (Å²) in [6.45, 7) is -2.46. The van der Waals surface area contributed by atoms with E-state index in [0.717, 1.165) is 12.1 Å². The molecule has 0 radical (unpaired) electrons. The minimum Gasteiger partial charge on any atom is -0.508 e. The van der Waals surface area contributed by atoms with Crippen LogP contribution in [0, 0.1) is 0 Å². The molecule has 6 rings (SSSR count). The summed E-state index contributed by atoms with van der Waals surface area (Å²) in [5.74, 6) is -2.34. The molecule has 3 fully saturated rings. The van der Waals surface area contributed by atoms with Gasteiger partial charge in [0.25, 0.3) is 0 Å². The number of phenolic OH excluding ortho intramolecular Hbond substituents is 2. The highest BCUT2D eigenvalue weighted by atomic mass is 16.8. The van der Waals surface area contributed by atoms with Crippen molar-refractivity contribution in [3.8, 4) is 34.3 Å². The van der Waals surface area contributed by atoms with Crippen LogP contribution in [0.25, 0.3) is 22.3 Å². The molecular weight excluding hydrogens is 732 g/mol. The van der Waals surface area contributed by atoms with E-state index < -0.39 is 134 Å². The van der Waals surface area contributed by atoms with Gasteiger partial charge in [-0.2, -0.15) is 0 Å². The van der Waals surface area contributed by atoms with Crippen LogP contribution in [0.15, 0.2) is 45.6 Å². The van der Waals surface area contributed by atoms with Crippen LogP contribution >= 0.6 is 0 Å². The molecule has 4 heterocycles. The van der Waals surface area contributed by atoms with Gasteiger partial charge < -0.3 is 99.2 Å². The van der Waals surface area contributed by atoms with E-state index in [4.69, 9.17) is 32.8 Å². The number of aromatic hydroxyl groups is 2. The van der Waals surface area contributed by atoms with Gasteiger partial charge in [-0.1, -0.05) is 0 Å². The second-order valence-electron chi connectivity index (χ2n) is 12.9. The Morgan fingerprint density at radius 2 is 1.11 bits per heavy atom. The van der Waals surface area contributed by atoms with E-state index in [1.165, 1.54) is 24.3 Å². The highest BCUT2D eigenvalue weighted by Crippen LogP contribution is 2.39. The van der Waals surface area contributed by atoms with Crippen LogP contribution in [0.2, 0.25) is 0 Å². The van der Waals surface area contributed by atoms with Crippen LogP contribution in [-0.4, -0.2) is 178 Å². The number of rotatable bonds is 10. The number of phenols is 2. The van der Waals surface area contributed by atoms with E-state index in [2.05, 4.69) is 0 Å². The second-order valence-corrected chi connectivity index (χ2v) is 12.9. The van der Waals surface area contributed by atoms with Gasteiger partial charge in [-0.15, -0.1) is 0 Å². The first-order valence-electron chi connectivity index (χ1n) is 16.5. The Morgan fingerprint density at radius 1 is 0.593 bits per heavy atom. The highest BCUT2D eigenvalue weighted by molar-refractivity contribution is 5.88. The normalized spacial score (nSPS) is 37.3. The lowest BCUT2D eigenvalue weighted by Gasteiger charge is -2.45. The van der Waals surface area contributed by atoms with Gasteiger partial charge in [-0.25, -0.2) is 0 Å². The molecule has 0 spiro atoms. The quantitative estimate of drug-likeness (QED) is 0.0918. The molecule has 0 amide bonds. The van der Waals surface area contributed by atoms with Gasteiger partial charge in [0.2, 0.25) is 23.8 Å². The molecule has 0 unspecified atom stereocenters. The van der Waals surface area contributed by atoms with Crippen molar-refractivity contribution in [2.45, 2.75) is 92.1 Å². The Bertz CT molecular complexity index is 1800. The standard InChI is InChI=1S/C33H40O21/c34-7-15-19(39)23(43)26(46)31(50-15)53-29-22(42)18-13(38)5-12(6-14(18)49-28(29)10-1-3-11(37)4-2-10)48-33-30(25(45)21(41)17(9-36)52-33)54-32-27(47)24(44)20(40)16(8-35)51-32/h1-6,15-17,19-21,23-27,30-41,43-47H,7-9H2/t15-,16-,17-,19-,20-,21-,23-,24+,25+,26-,27-,30+,31+,32+,33-/m1/s1. The molecule has 21 nitrogen and oxygen atoms in total. The van der Waals surface area contributed by atoms with Crippen LogP contribution in [0.1, 0.15) is 0 Å². The lowest BCUT2D eigenvalue weighted by molar-refractivity contribution is -0.357. The van der Waals surface area contributed by atoms with Crippen molar-refractivity contribution in [3.63, 3.8) is 0 Å². The van der Waals surface area contributed by atoms with Gasteiger partial charge in [0.15, 0.2) is 18.2 Å². The summed E-state index contributed by atoms with van der Waals surface area (Å²) in [4.78, 5) is 14.0. The maximum atomic E-state index is 14.0. The third-order valence-electron chi connectivity index (χ3n) is 9.33. The molecule has 15 atom stereocenters. The summed E-state index contributed by atoms with van der Waals surface area (Å²) in [5.41, 5.74) is -1.33. The van der Waals surface area contributed by atoms with E-state index >= 15 is 0 Å².